The third-order valence-electron chi connectivity index (χ3n) is 3.68. The van der Waals surface area contributed by atoms with Gasteiger partial charge in [-0.1, -0.05) is 0 Å². The van der Waals surface area contributed by atoms with Crippen LogP contribution in [0.25, 0.3) is 0 Å². The topological polar surface area (TPSA) is 15.3 Å². The minimum Gasteiger partial charge on any atom is -0.368 e. The molecule has 0 saturated carbocycles. The lowest BCUT2D eigenvalue weighted by molar-refractivity contribution is -0.137. The van der Waals surface area contributed by atoms with Gasteiger partial charge in [-0.3, -0.25) is 0 Å². The molecular weight excluding hydrogens is 253 g/mol. The van der Waals surface area contributed by atoms with Gasteiger partial charge in [0.15, 0.2) is 0 Å². The molecule has 0 saturated heterocycles. The zero-order chi connectivity index (χ0) is 14.0. The number of nitrogens with zero attached hydrogens (tertiary/aromatic N) is 1. The molecule has 0 radical (unpaired) electrons. The van der Waals surface area contributed by atoms with E-state index in [2.05, 4.69) is 10.2 Å². The summed E-state index contributed by atoms with van der Waals surface area (Å²) in [4.78, 5) is 2.20. The minimum atomic E-state index is -4.25. The van der Waals surface area contributed by atoms with Gasteiger partial charge in [-0.2, -0.15) is 13.2 Å². The summed E-state index contributed by atoms with van der Waals surface area (Å²) >= 11 is 0. The molecule has 1 aliphatic rings. The number of likely N-dealkylation sites (N-methyl/N-ethyl adjacent to an activating group) is 1. The van der Waals surface area contributed by atoms with E-state index in [9.17, 15) is 13.2 Å². The SMILES string of the molecule is CCN1c2ccc(C(F)(F)F)cc2CC1CCNC. The third-order valence-corrected chi connectivity index (χ3v) is 3.68. The maximum atomic E-state index is 12.7. The van der Waals surface area contributed by atoms with E-state index in [4.69, 9.17) is 0 Å². The van der Waals surface area contributed by atoms with E-state index in [0.29, 0.717) is 12.5 Å². The highest BCUT2D eigenvalue weighted by molar-refractivity contribution is 5.60. The number of alkyl halides is 3. The molecule has 1 aromatic rings. The molecule has 0 bridgehead atoms. The number of fused-ring (bicyclic) bond motifs is 1. The van der Waals surface area contributed by atoms with Crippen molar-refractivity contribution in [2.75, 3.05) is 25.0 Å². The summed E-state index contributed by atoms with van der Waals surface area (Å²) in [5.74, 6) is 0. The van der Waals surface area contributed by atoms with Crippen LogP contribution in [0.4, 0.5) is 18.9 Å². The Labute approximate surface area is 111 Å². The van der Waals surface area contributed by atoms with Crippen molar-refractivity contribution in [1.29, 1.82) is 0 Å². The third kappa shape index (κ3) is 2.86. The van der Waals surface area contributed by atoms with Gasteiger partial charge in [0.2, 0.25) is 0 Å². The first kappa shape index (κ1) is 14.2. The predicted molar refractivity (Wildman–Crippen MR) is 70.5 cm³/mol. The standard InChI is InChI=1S/C14H19F3N2/c1-3-19-12(6-7-18-2)9-10-8-11(14(15,16)17)4-5-13(10)19/h4-5,8,12,18H,3,6-7,9H2,1-2H3. The minimum absolute atomic E-state index is 0.302. The second kappa shape index (κ2) is 5.41. The van der Waals surface area contributed by atoms with E-state index in [1.165, 1.54) is 12.1 Å². The summed E-state index contributed by atoms with van der Waals surface area (Å²) < 4.78 is 38.1. The van der Waals surface area contributed by atoms with Crippen LogP contribution in [0.2, 0.25) is 0 Å². The molecule has 1 N–H and O–H groups in total. The normalized spacial score (nSPS) is 18.8. The summed E-state index contributed by atoms with van der Waals surface area (Å²) in [7, 11) is 1.89. The molecule has 1 unspecified atom stereocenters. The second-order valence-electron chi connectivity index (χ2n) is 4.88. The lowest BCUT2D eigenvalue weighted by Crippen LogP contribution is -2.33. The van der Waals surface area contributed by atoms with Crippen LogP contribution < -0.4 is 10.2 Å². The molecule has 2 rings (SSSR count). The molecule has 5 heteroatoms. The van der Waals surface area contributed by atoms with E-state index in [-0.39, 0.29) is 0 Å². The van der Waals surface area contributed by atoms with Crippen molar-refractivity contribution >= 4 is 5.69 Å². The molecule has 1 aromatic carbocycles. The maximum Gasteiger partial charge on any atom is 0.416 e. The first-order chi connectivity index (χ1) is 8.97. The number of nitrogens with one attached hydrogen (secondary N) is 1. The fourth-order valence-corrected chi connectivity index (χ4v) is 2.76. The fraction of sp³-hybridized carbons (Fsp3) is 0.571. The molecule has 0 fully saturated rings. The predicted octanol–water partition coefficient (Wildman–Crippen LogP) is 3.07. The van der Waals surface area contributed by atoms with Gasteiger partial charge in [-0.15, -0.1) is 0 Å². The van der Waals surface area contributed by atoms with E-state index in [1.54, 1.807) is 6.07 Å². The van der Waals surface area contributed by atoms with Crippen LogP contribution >= 0.6 is 0 Å². The Hall–Kier alpha value is -1.23. The average Bonchev–Trinajstić information content (AvgIpc) is 2.71. The van der Waals surface area contributed by atoms with Gasteiger partial charge in [-0.25, -0.2) is 0 Å². The zero-order valence-electron chi connectivity index (χ0n) is 11.2. The van der Waals surface area contributed by atoms with Crippen molar-refractivity contribution < 1.29 is 13.2 Å². The molecule has 0 amide bonds. The maximum absolute atomic E-state index is 12.7. The number of benzene rings is 1. The lowest BCUT2D eigenvalue weighted by atomic mass is 10.0. The Morgan fingerprint density at radius 1 is 1.37 bits per heavy atom. The van der Waals surface area contributed by atoms with Crippen molar-refractivity contribution in [2.45, 2.75) is 32.0 Å². The van der Waals surface area contributed by atoms with Crippen LogP contribution in [0.1, 0.15) is 24.5 Å². The first-order valence-electron chi connectivity index (χ1n) is 6.58. The molecule has 19 heavy (non-hydrogen) atoms. The number of anilines is 1. The Bertz CT molecular complexity index is 443. The first-order valence-corrected chi connectivity index (χ1v) is 6.58. The monoisotopic (exact) mass is 272 g/mol. The molecule has 106 valence electrons. The van der Waals surface area contributed by atoms with Gasteiger partial charge < -0.3 is 10.2 Å². The Balaban J connectivity index is 2.25. The van der Waals surface area contributed by atoms with Gasteiger partial charge >= 0.3 is 6.18 Å². The smallest absolute Gasteiger partial charge is 0.368 e. The highest BCUT2D eigenvalue weighted by Crippen LogP contribution is 2.38. The summed E-state index contributed by atoms with van der Waals surface area (Å²) in [5, 5.41) is 3.09. The number of hydrogen-bond acceptors (Lipinski definition) is 2. The molecule has 1 heterocycles. The number of rotatable bonds is 4. The zero-order valence-corrected chi connectivity index (χ0v) is 11.2. The van der Waals surface area contributed by atoms with E-state index >= 15 is 0 Å². The molecule has 2 nitrogen and oxygen atoms in total. The van der Waals surface area contributed by atoms with Gasteiger partial charge in [0.25, 0.3) is 0 Å². The van der Waals surface area contributed by atoms with Gasteiger partial charge in [0.05, 0.1) is 5.56 Å². The molecule has 1 aliphatic heterocycles. The van der Waals surface area contributed by atoms with Gasteiger partial charge in [-0.05, 0) is 57.1 Å². The summed E-state index contributed by atoms with van der Waals surface area (Å²) in [6.07, 6.45) is -2.61. The Morgan fingerprint density at radius 2 is 2.11 bits per heavy atom. The molecule has 0 aliphatic carbocycles. The van der Waals surface area contributed by atoms with Crippen LogP contribution in [0, 0.1) is 0 Å². The molecule has 0 aromatic heterocycles. The van der Waals surface area contributed by atoms with E-state index in [1.807, 2.05) is 14.0 Å². The highest BCUT2D eigenvalue weighted by Gasteiger charge is 2.34. The number of hydrogen-bond donors (Lipinski definition) is 1. The summed E-state index contributed by atoms with van der Waals surface area (Å²) in [5.41, 5.74) is 1.23. The Kier molecular flexibility index (Phi) is 4.04. The van der Waals surface area contributed by atoms with E-state index in [0.717, 1.165) is 30.8 Å². The van der Waals surface area contributed by atoms with Crippen LogP contribution in [0.3, 0.4) is 0 Å². The van der Waals surface area contributed by atoms with Crippen LogP contribution in [-0.4, -0.2) is 26.2 Å². The van der Waals surface area contributed by atoms with Crippen molar-refractivity contribution in [3.63, 3.8) is 0 Å². The fourth-order valence-electron chi connectivity index (χ4n) is 2.76. The van der Waals surface area contributed by atoms with Gasteiger partial charge in [0.1, 0.15) is 0 Å². The van der Waals surface area contributed by atoms with Crippen LogP contribution in [0.15, 0.2) is 18.2 Å². The molecule has 0 spiro atoms. The van der Waals surface area contributed by atoms with Crippen LogP contribution in [-0.2, 0) is 12.6 Å². The van der Waals surface area contributed by atoms with E-state index < -0.39 is 11.7 Å². The largest absolute Gasteiger partial charge is 0.416 e. The summed E-state index contributed by atoms with van der Waals surface area (Å²) in [6.45, 7) is 3.74. The summed E-state index contributed by atoms with van der Waals surface area (Å²) in [6, 6.07) is 4.40. The lowest BCUT2D eigenvalue weighted by Gasteiger charge is -2.26. The quantitative estimate of drug-likeness (QED) is 0.906. The Morgan fingerprint density at radius 3 is 2.68 bits per heavy atom. The van der Waals surface area contributed by atoms with Crippen LogP contribution in [0.5, 0.6) is 0 Å². The number of halogens is 3. The van der Waals surface area contributed by atoms with Gasteiger partial charge in [0, 0.05) is 18.3 Å². The van der Waals surface area contributed by atoms with Crippen molar-refractivity contribution in [2.24, 2.45) is 0 Å². The average molecular weight is 272 g/mol. The van der Waals surface area contributed by atoms with Crippen molar-refractivity contribution in [1.82, 2.24) is 5.32 Å². The highest BCUT2D eigenvalue weighted by atomic mass is 19.4. The molecular formula is C14H19F3N2. The molecule has 1 atom stereocenters. The van der Waals surface area contributed by atoms with Crippen molar-refractivity contribution in [3.05, 3.63) is 29.3 Å². The van der Waals surface area contributed by atoms with Crippen molar-refractivity contribution in [3.8, 4) is 0 Å². The second-order valence-corrected chi connectivity index (χ2v) is 4.88.